The number of nitrogens with zero attached hydrogens (tertiary/aromatic N) is 1. The van der Waals surface area contributed by atoms with Crippen LogP contribution in [-0.4, -0.2) is 47.3 Å². The van der Waals surface area contributed by atoms with Crippen molar-refractivity contribution in [2.45, 2.75) is 43.9 Å². The van der Waals surface area contributed by atoms with Crippen LogP contribution in [-0.2, 0) is 16.0 Å². The Morgan fingerprint density at radius 1 is 1.38 bits per heavy atom. The molecule has 0 radical (unpaired) electrons. The highest BCUT2D eigenvalue weighted by Gasteiger charge is 2.39. The van der Waals surface area contributed by atoms with Gasteiger partial charge in [0.05, 0.1) is 24.8 Å². The van der Waals surface area contributed by atoms with Crippen LogP contribution < -0.4 is 5.73 Å². The van der Waals surface area contributed by atoms with Crippen molar-refractivity contribution in [2.24, 2.45) is 5.73 Å². The Morgan fingerprint density at radius 2 is 2.14 bits per heavy atom. The quantitative estimate of drug-likeness (QED) is 0.872. The number of carbonyl (C=O) groups is 1. The van der Waals surface area contributed by atoms with Crippen LogP contribution in [0.5, 0.6) is 5.75 Å². The smallest absolute Gasteiger partial charge is 0.240 e. The van der Waals surface area contributed by atoms with Gasteiger partial charge in [0, 0.05) is 6.54 Å². The number of ether oxygens (including phenoxy) is 1. The lowest BCUT2D eigenvalue weighted by Crippen LogP contribution is -2.56. The van der Waals surface area contributed by atoms with Crippen molar-refractivity contribution >= 4 is 5.91 Å². The molecule has 0 spiro atoms. The Labute approximate surface area is 124 Å². The first-order valence-electron chi connectivity index (χ1n) is 7.61. The fraction of sp³-hybridized carbons (Fsp3) is 0.562. The number of phenols is 1. The average Bonchev–Trinajstić information content (AvgIpc) is 2.97. The summed E-state index contributed by atoms with van der Waals surface area (Å²) in [5.74, 6) is 0.240. The largest absolute Gasteiger partial charge is 0.508 e. The van der Waals surface area contributed by atoms with Gasteiger partial charge in [-0.2, -0.15) is 0 Å². The number of carbonyl (C=O) groups excluding carboxylic acids is 1. The Balaban J connectivity index is 1.65. The van der Waals surface area contributed by atoms with Gasteiger partial charge in [-0.05, 0) is 43.4 Å². The summed E-state index contributed by atoms with van der Waals surface area (Å²) in [5, 5.41) is 9.29. The predicted molar refractivity (Wildman–Crippen MR) is 78.9 cm³/mol. The minimum atomic E-state index is -0.533. The molecule has 2 aliphatic rings. The third-order valence-electron chi connectivity index (χ3n) is 4.47. The fourth-order valence-corrected chi connectivity index (χ4v) is 3.39. The van der Waals surface area contributed by atoms with Crippen LogP contribution in [0.3, 0.4) is 0 Å². The third-order valence-corrected chi connectivity index (χ3v) is 4.47. The summed E-state index contributed by atoms with van der Waals surface area (Å²) < 4.78 is 5.73. The Morgan fingerprint density at radius 3 is 2.90 bits per heavy atom. The van der Waals surface area contributed by atoms with Crippen LogP contribution in [0.25, 0.3) is 0 Å². The molecule has 114 valence electrons. The van der Waals surface area contributed by atoms with E-state index in [-0.39, 0.29) is 23.8 Å². The molecule has 1 amide bonds. The van der Waals surface area contributed by atoms with Gasteiger partial charge < -0.3 is 20.5 Å². The van der Waals surface area contributed by atoms with Crippen molar-refractivity contribution in [1.29, 1.82) is 0 Å². The van der Waals surface area contributed by atoms with Crippen LogP contribution in [0.2, 0.25) is 0 Å². The lowest BCUT2D eigenvalue weighted by molar-refractivity contribution is -0.145. The maximum atomic E-state index is 12.6. The Bertz CT molecular complexity index is 503. The van der Waals surface area contributed by atoms with E-state index in [0.717, 1.165) is 24.8 Å². The van der Waals surface area contributed by atoms with Crippen molar-refractivity contribution in [1.82, 2.24) is 4.90 Å². The first-order chi connectivity index (χ1) is 10.1. The lowest BCUT2D eigenvalue weighted by Gasteiger charge is -2.39. The van der Waals surface area contributed by atoms with Crippen LogP contribution in [0, 0.1) is 0 Å². The van der Waals surface area contributed by atoms with Gasteiger partial charge in [0.1, 0.15) is 5.75 Å². The molecule has 5 heteroatoms. The van der Waals surface area contributed by atoms with E-state index in [1.807, 2.05) is 4.90 Å². The Kier molecular flexibility index (Phi) is 4.12. The zero-order chi connectivity index (χ0) is 14.8. The molecule has 1 aromatic carbocycles. The predicted octanol–water partition coefficient (Wildman–Crippen LogP) is 1.04. The van der Waals surface area contributed by atoms with E-state index < -0.39 is 6.04 Å². The van der Waals surface area contributed by atoms with Gasteiger partial charge in [0.2, 0.25) is 5.91 Å². The van der Waals surface area contributed by atoms with Crippen LogP contribution in [0.15, 0.2) is 24.3 Å². The van der Waals surface area contributed by atoms with E-state index >= 15 is 0 Å². The van der Waals surface area contributed by atoms with Crippen molar-refractivity contribution in [2.75, 3.05) is 13.2 Å². The van der Waals surface area contributed by atoms with Crippen molar-refractivity contribution in [3.63, 3.8) is 0 Å². The molecule has 1 heterocycles. The summed E-state index contributed by atoms with van der Waals surface area (Å²) in [4.78, 5) is 14.5. The van der Waals surface area contributed by atoms with E-state index in [1.165, 1.54) is 0 Å². The minimum Gasteiger partial charge on any atom is -0.508 e. The number of rotatable bonds is 3. The number of nitrogens with two attached hydrogens (primary N) is 1. The van der Waals surface area contributed by atoms with Crippen molar-refractivity contribution in [3.8, 4) is 5.75 Å². The van der Waals surface area contributed by atoms with Gasteiger partial charge in [-0.3, -0.25) is 4.79 Å². The number of aromatic hydroxyl groups is 1. The molecule has 1 saturated heterocycles. The maximum Gasteiger partial charge on any atom is 0.240 e. The molecule has 21 heavy (non-hydrogen) atoms. The van der Waals surface area contributed by atoms with Gasteiger partial charge in [0.25, 0.3) is 0 Å². The number of morpholine rings is 1. The van der Waals surface area contributed by atoms with Crippen LogP contribution >= 0.6 is 0 Å². The second-order valence-electron chi connectivity index (χ2n) is 5.92. The molecule has 0 bridgehead atoms. The zero-order valence-corrected chi connectivity index (χ0v) is 12.1. The van der Waals surface area contributed by atoms with E-state index in [2.05, 4.69) is 0 Å². The summed E-state index contributed by atoms with van der Waals surface area (Å²) in [7, 11) is 0. The normalized spacial score (nSPS) is 26.4. The second-order valence-corrected chi connectivity index (χ2v) is 5.92. The minimum absolute atomic E-state index is 0.0169. The highest BCUT2D eigenvalue weighted by molar-refractivity contribution is 5.82. The standard InChI is InChI=1S/C16H22N2O3/c17-13(10-11-4-6-12(19)7-5-11)16(20)18-8-9-21-15-3-1-2-14(15)18/h4-7,13-15,19H,1-3,8-10,17H2. The molecule has 1 aliphatic carbocycles. The third kappa shape index (κ3) is 3.04. The number of phenolic OH excluding ortho intramolecular Hbond substituents is 1. The highest BCUT2D eigenvalue weighted by atomic mass is 16.5. The van der Waals surface area contributed by atoms with Crippen molar-refractivity contribution < 1.29 is 14.6 Å². The number of fused-ring (bicyclic) bond motifs is 1. The summed E-state index contributed by atoms with van der Waals surface area (Å²) in [5.41, 5.74) is 7.07. The molecule has 1 saturated carbocycles. The SMILES string of the molecule is NC(Cc1ccc(O)cc1)C(=O)N1CCOC2CCCC21. The molecule has 3 unspecified atom stereocenters. The Hall–Kier alpha value is -1.59. The monoisotopic (exact) mass is 290 g/mol. The summed E-state index contributed by atoms with van der Waals surface area (Å²) >= 11 is 0. The van der Waals surface area contributed by atoms with E-state index in [1.54, 1.807) is 24.3 Å². The van der Waals surface area contributed by atoms with Crippen LogP contribution in [0.1, 0.15) is 24.8 Å². The molecule has 2 fully saturated rings. The average molecular weight is 290 g/mol. The van der Waals surface area contributed by atoms with Gasteiger partial charge in [-0.1, -0.05) is 12.1 Å². The number of hydrogen-bond donors (Lipinski definition) is 2. The molecule has 3 atom stereocenters. The highest BCUT2D eigenvalue weighted by Crippen LogP contribution is 2.30. The first-order valence-corrected chi connectivity index (χ1v) is 7.61. The van der Waals surface area contributed by atoms with Gasteiger partial charge >= 0.3 is 0 Å². The number of amides is 1. The molecule has 0 aromatic heterocycles. The number of hydrogen-bond acceptors (Lipinski definition) is 4. The summed E-state index contributed by atoms with van der Waals surface area (Å²) in [6.45, 7) is 1.25. The van der Waals surface area contributed by atoms with Gasteiger partial charge in [0.15, 0.2) is 0 Å². The molecule has 3 rings (SSSR count). The summed E-state index contributed by atoms with van der Waals surface area (Å²) in [6, 6.07) is 6.52. The molecule has 3 N–H and O–H groups in total. The van der Waals surface area contributed by atoms with E-state index in [9.17, 15) is 9.90 Å². The number of benzene rings is 1. The fourth-order valence-electron chi connectivity index (χ4n) is 3.39. The molecular formula is C16H22N2O3. The van der Waals surface area contributed by atoms with E-state index in [4.69, 9.17) is 10.5 Å². The molecule has 1 aromatic rings. The van der Waals surface area contributed by atoms with Crippen molar-refractivity contribution in [3.05, 3.63) is 29.8 Å². The van der Waals surface area contributed by atoms with Crippen LogP contribution in [0.4, 0.5) is 0 Å². The molecule has 1 aliphatic heterocycles. The van der Waals surface area contributed by atoms with Gasteiger partial charge in [-0.25, -0.2) is 0 Å². The second kappa shape index (κ2) is 6.03. The molecule has 5 nitrogen and oxygen atoms in total. The topological polar surface area (TPSA) is 75.8 Å². The zero-order valence-electron chi connectivity index (χ0n) is 12.1. The van der Waals surface area contributed by atoms with Gasteiger partial charge in [-0.15, -0.1) is 0 Å². The van der Waals surface area contributed by atoms with E-state index in [0.29, 0.717) is 19.6 Å². The molecular weight excluding hydrogens is 268 g/mol. The first kappa shape index (κ1) is 14.4. The lowest BCUT2D eigenvalue weighted by atomic mass is 10.0. The maximum absolute atomic E-state index is 12.6. The summed E-state index contributed by atoms with van der Waals surface area (Å²) in [6.07, 6.45) is 3.87.